The number of benzene rings is 2. The summed E-state index contributed by atoms with van der Waals surface area (Å²) in [5.74, 6) is -2.11. The van der Waals surface area contributed by atoms with Crippen LogP contribution in [-0.4, -0.2) is 17.0 Å². The van der Waals surface area contributed by atoms with Gasteiger partial charge in [0.2, 0.25) is 0 Å². The highest BCUT2D eigenvalue weighted by molar-refractivity contribution is 6.34. The Bertz CT molecular complexity index is 731. The monoisotopic (exact) mass is 307 g/mol. The molecule has 4 nitrogen and oxygen atoms in total. The van der Waals surface area contributed by atoms with Gasteiger partial charge in [-0.15, -0.1) is 0 Å². The number of rotatable bonds is 3. The first-order chi connectivity index (χ1) is 9.90. The molecule has 1 amide bonds. The highest BCUT2D eigenvalue weighted by atomic mass is 35.5. The van der Waals surface area contributed by atoms with Gasteiger partial charge in [0.15, 0.2) is 0 Å². The van der Waals surface area contributed by atoms with Gasteiger partial charge < -0.3 is 10.4 Å². The van der Waals surface area contributed by atoms with Crippen LogP contribution in [0.5, 0.6) is 0 Å². The number of carbonyl (C=O) groups excluding carboxylic acids is 1. The zero-order valence-electron chi connectivity index (χ0n) is 11.0. The third-order valence-corrected chi connectivity index (χ3v) is 3.29. The smallest absolute Gasteiger partial charge is 0.335 e. The summed E-state index contributed by atoms with van der Waals surface area (Å²) in [6, 6.07) is 8.14. The fourth-order valence-electron chi connectivity index (χ4n) is 1.79. The van der Waals surface area contributed by atoms with Gasteiger partial charge in [-0.1, -0.05) is 17.7 Å². The minimum absolute atomic E-state index is 0.0138. The summed E-state index contributed by atoms with van der Waals surface area (Å²) in [5.41, 5.74) is 0.692. The topological polar surface area (TPSA) is 66.4 Å². The maximum absolute atomic E-state index is 13.4. The molecule has 108 valence electrons. The number of carboxylic acid groups (broad SMARTS) is 1. The Labute approximate surface area is 125 Å². The molecule has 0 spiro atoms. The van der Waals surface area contributed by atoms with Crippen molar-refractivity contribution in [3.8, 4) is 0 Å². The van der Waals surface area contributed by atoms with E-state index in [1.54, 1.807) is 0 Å². The molecule has 2 N–H and O–H groups in total. The van der Waals surface area contributed by atoms with Crippen LogP contribution in [0.4, 0.5) is 10.1 Å². The number of aromatic carboxylic acids is 1. The van der Waals surface area contributed by atoms with Crippen LogP contribution in [0.1, 0.15) is 26.3 Å². The van der Waals surface area contributed by atoms with E-state index in [1.165, 1.54) is 43.3 Å². The van der Waals surface area contributed by atoms with Gasteiger partial charge in [-0.3, -0.25) is 4.79 Å². The number of halogens is 2. The van der Waals surface area contributed by atoms with Crippen LogP contribution >= 0.6 is 11.6 Å². The molecule has 21 heavy (non-hydrogen) atoms. The first-order valence-corrected chi connectivity index (χ1v) is 6.37. The quantitative estimate of drug-likeness (QED) is 0.907. The standard InChI is InChI=1S/C15H11ClFNO3/c1-8-10(3-2-4-12(8)17)14(19)18-13-6-5-9(15(20)21)7-11(13)16/h2-7H,1H3,(H,18,19)(H,20,21). The summed E-state index contributed by atoms with van der Waals surface area (Å²) >= 11 is 5.92. The molecule has 6 heteroatoms. The van der Waals surface area contributed by atoms with E-state index in [4.69, 9.17) is 16.7 Å². The van der Waals surface area contributed by atoms with E-state index in [1.807, 2.05) is 0 Å². The third-order valence-electron chi connectivity index (χ3n) is 2.98. The summed E-state index contributed by atoms with van der Waals surface area (Å²) in [6.45, 7) is 1.50. The van der Waals surface area contributed by atoms with Gasteiger partial charge in [0.05, 0.1) is 16.3 Å². The lowest BCUT2D eigenvalue weighted by molar-refractivity contribution is 0.0696. The fraction of sp³-hybridized carbons (Fsp3) is 0.0667. The number of hydrogen-bond donors (Lipinski definition) is 2. The van der Waals surface area contributed by atoms with Crippen molar-refractivity contribution in [2.24, 2.45) is 0 Å². The van der Waals surface area contributed by atoms with Crippen molar-refractivity contribution >= 4 is 29.2 Å². The minimum Gasteiger partial charge on any atom is -0.478 e. The van der Waals surface area contributed by atoms with E-state index >= 15 is 0 Å². The summed E-state index contributed by atoms with van der Waals surface area (Å²) in [5, 5.41) is 11.5. The number of amides is 1. The van der Waals surface area contributed by atoms with E-state index < -0.39 is 17.7 Å². The Kier molecular flexibility index (Phi) is 4.23. The second-order valence-corrected chi connectivity index (χ2v) is 4.77. The molecule has 0 saturated heterocycles. The van der Waals surface area contributed by atoms with Gasteiger partial charge in [0, 0.05) is 5.56 Å². The Balaban J connectivity index is 2.28. The lowest BCUT2D eigenvalue weighted by Crippen LogP contribution is -2.14. The Morgan fingerprint density at radius 3 is 2.57 bits per heavy atom. The lowest BCUT2D eigenvalue weighted by atomic mass is 10.1. The maximum Gasteiger partial charge on any atom is 0.335 e. The molecule has 0 aliphatic rings. The molecule has 2 aromatic carbocycles. The van der Waals surface area contributed by atoms with E-state index in [-0.39, 0.29) is 27.4 Å². The average molecular weight is 308 g/mol. The highest BCUT2D eigenvalue weighted by Crippen LogP contribution is 2.24. The average Bonchev–Trinajstić information content (AvgIpc) is 2.43. The van der Waals surface area contributed by atoms with Gasteiger partial charge in [-0.05, 0) is 42.8 Å². The van der Waals surface area contributed by atoms with E-state index in [0.29, 0.717) is 0 Å². The maximum atomic E-state index is 13.4. The van der Waals surface area contributed by atoms with Crippen LogP contribution in [0.25, 0.3) is 0 Å². The molecule has 2 rings (SSSR count). The molecule has 0 unspecified atom stereocenters. The zero-order chi connectivity index (χ0) is 15.6. The van der Waals surface area contributed by atoms with Crippen molar-refractivity contribution < 1.29 is 19.1 Å². The second kappa shape index (κ2) is 5.93. The van der Waals surface area contributed by atoms with Gasteiger partial charge in [0.1, 0.15) is 5.82 Å². The molecule has 0 fully saturated rings. The van der Waals surface area contributed by atoms with Gasteiger partial charge in [0.25, 0.3) is 5.91 Å². The Morgan fingerprint density at radius 2 is 1.95 bits per heavy atom. The second-order valence-electron chi connectivity index (χ2n) is 4.37. The molecule has 0 aliphatic carbocycles. The van der Waals surface area contributed by atoms with Crippen LogP contribution in [0.15, 0.2) is 36.4 Å². The number of anilines is 1. The molecule has 0 bridgehead atoms. The normalized spacial score (nSPS) is 10.2. The summed E-state index contributed by atoms with van der Waals surface area (Å²) < 4.78 is 13.4. The lowest BCUT2D eigenvalue weighted by Gasteiger charge is -2.10. The van der Waals surface area contributed by atoms with Crippen molar-refractivity contribution in [1.29, 1.82) is 0 Å². The van der Waals surface area contributed by atoms with Crippen molar-refractivity contribution in [3.63, 3.8) is 0 Å². The first kappa shape index (κ1) is 15.0. The molecule has 0 radical (unpaired) electrons. The predicted octanol–water partition coefficient (Wildman–Crippen LogP) is 3.74. The minimum atomic E-state index is -1.12. The summed E-state index contributed by atoms with van der Waals surface area (Å²) in [7, 11) is 0. The van der Waals surface area contributed by atoms with Crippen molar-refractivity contribution in [1.82, 2.24) is 0 Å². The SMILES string of the molecule is Cc1c(F)cccc1C(=O)Nc1ccc(C(=O)O)cc1Cl. The summed E-state index contributed by atoms with van der Waals surface area (Å²) in [6.07, 6.45) is 0. The third kappa shape index (κ3) is 3.20. The van der Waals surface area contributed by atoms with E-state index in [0.717, 1.165) is 0 Å². The predicted molar refractivity (Wildman–Crippen MR) is 77.5 cm³/mol. The van der Waals surface area contributed by atoms with Gasteiger partial charge >= 0.3 is 5.97 Å². The molecule has 0 saturated carbocycles. The van der Waals surface area contributed by atoms with Crippen molar-refractivity contribution in [3.05, 3.63) is 63.9 Å². The largest absolute Gasteiger partial charge is 0.478 e. The molecule has 2 aromatic rings. The Morgan fingerprint density at radius 1 is 1.24 bits per heavy atom. The first-order valence-electron chi connectivity index (χ1n) is 5.99. The van der Waals surface area contributed by atoms with Crippen LogP contribution in [-0.2, 0) is 0 Å². The van der Waals surface area contributed by atoms with Crippen LogP contribution in [0.3, 0.4) is 0 Å². The van der Waals surface area contributed by atoms with Gasteiger partial charge in [-0.2, -0.15) is 0 Å². The van der Waals surface area contributed by atoms with E-state index in [2.05, 4.69) is 5.32 Å². The van der Waals surface area contributed by atoms with Crippen LogP contribution in [0, 0.1) is 12.7 Å². The molecule has 0 aliphatic heterocycles. The molecular formula is C15H11ClFNO3. The number of nitrogens with one attached hydrogen (secondary N) is 1. The molecule has 0 atom stereocenters. The number of carbonyl (C=O) groups is 2. The number of carboxylic acids is 1. The number of hydrogen-bond acceptors (Lipinski definition) is 2. The van der Waals surface area contributed by atoms with Crippen molar-refractivity contribution in [2.75, 3.05) is 5.32 Å². The Hall–Kier alpha value is -2.40. The molecule has 0 aromatic heterocycles. The van der Waals surface area contributed by atoms with Crippen molar-refractivity contribution in [2.45, 2.75) is 6.92 Å². The van der Waals surface area contributed by atoms with Crippen LogP contribution in [0.2, 0.25) is 5.02 Å². The highest BCUT2D eigenvalue weighted by Gasteiger charge is 2.14. The summed E-state index contributed by atoms with van der Waals surface area (Å²) in [4.78, 5) is 22.9. The van der Waals surface area contributed by atoms with Crippen LogP contribution < -0.4 is 5.32 Å². The zero-order valence-corrected chi connectivity index (χ0v) is 11.7. The fourth-order valence-corrected chi connectivity index (χ4v) is 2.02. The molecule has 0 heterocycles. The molecular weight excluding hydrogens is 297 g/mol. The van der Waals surface area contributed by atoms with Gasteiger partial charge in [-0.25, -0.2) is 9.18 Å². The van der Waals surface area contributed by atoms with E-state index in [9.17, 15) is 14.0 Å².